The van der Waals surface area contributed by atoms with Crippen LogP contribution in [0.15, 0.2) is 30.5 Å². The lowest BCUT2D eigenvalue weighted by molar-refractivity contribution is -0.345. The lowest BCUT2D eigenvalue weighted by atomic mass is 9.86. The van der Waals surface area contributed by atoms with E-state index in [0.717, 1.165) is 23.0 Å². The van der Waals surface area contributed by atoms with Crippen molar-refractivity contribution in [3.8, 4) is 17.0 Å². The zero-order valence-electron chi connectivity index (χ0n) is 19.9. The molecule has 0 radical (unpaired) electrons. The number of aliphatic hydroxyl groups excluding tert-OH is 3. The molecule has 2 fully saturated rings. The van der Waals surface area contributed by atoms with Crippen LogP contribution in [0.25, 0.3) is 11.3 Å². The van der Waals surface area contributed by atoms with Crippen LogP contribution in [0.3, 0.4) is 0 Å². The van der Waals surface area contributed by atoms with E-state index in [2.05, 4.69) is 15.6 Å². The molecule has 0 amide bonds. The van der Waals surface area contributed by atoms with Crippen LogP contribution in [-0.4, -0.2) is 78.8 Å². The van der Waals surface area contributed by atoms with Crippen LogP contribution in [0.4, 0.5) is 22.0 Å². The van der Waals surface area contributed by atoms with Gasteiger partial charge in [0.05, 0.1) is 25.5 Å². The van der Waals surface area contributed by atoms with E-state index >= 15 is 0 Å². The first kappa shape index (κ1) is 27.4. The average molecular weight is 558 g/mol. The SMILES string of the molecule is OC[C@H]1O[C@]2(OCC[C@H]2NCc2c(O)ccc(F)c2F)[C@H](O)[C@@H](n2cc(-c3cc(F)c(F)c(F)c3)nn2)[C@H]1O. The standard InChI is InChI=1S/C24H23F5N4O6/c25-12-1-2-16(35)11(19(12)28)7-30-18-3-4-38-24(18)23(37)21(22(36)17(9-34)39-24)33-8-15(31-32-33)10-5-13(26)20(29)14(27)6-10/h1-2,5-6,8,17-18,21-23,30,34-37H,3-4,7,9H2/t17-,18-,21+,22+,23-,24+/m1/s1. The van der Waals surface area contributed by atoms with Gasteiger partial charge in [-0.15, -0.1) is 5.10 Å². The molecule has 5 rings (SSSR count). The van der Waals surface area contributed by atoms with Crippen molar-refractivity contribution in [1.29, 1.82) is 0 Å². The number of hydrogen-bond acceptors (Lipinski definition) is 9. The second kappa shape index (κ2) is 10.4. The van der Waals surface area contributed by atoms with E-state index in [1.807, 2.05) is 0 Å². The number of halogens is 5. The second-order valence-electron chi connectivity index (χ2n) is 9.25. The van der Waals surface area contributed by atoms with Crippen molar-refractivity contribution >= 4 is 0 Å². The van der Waals surface area contributed by atoms with Crippen LogP contribution in [-0.2, 0) is 16.0 Å². The molecule has 15 heteroatoms. The summed E-state index contributed by atoms with van der Waals surface area (Å²) in [6.07, 6.45) is -3.28. The summed E-state index contributed by atoms with van der Waals surface area (Å²) in [5.74, 6) is -9.48. The van der Waals surface area contributed by atoms with Crippen LogP contribution < -0.4 is 5.32 Å². The van der Waals surface area contributed by atoms with Gasteiger partial charge in [-0.05, 0) is 30.7 Å². The Hall–Kier alpha value is -3.21. The van der Waals surface area contributed by atoms with Crippen molar-refractivity contribution < 1.29 is 51.9 Å². The highest BCUT2D eigenvalue weighted by Crippen LogP contribution is 2.43. The maximum Gasteiger partial charge on any atom is 0.213 e. The molecule has 0 unspecified atom stereocenters. The largest absolute Gasteiger partial charge is 0.508 e. The molecule has 0 saturated carbocycles. The summed E-state index contributed by atoms with van der Waals surface area (Å²) in [4.78, 5) is 0. The lowest BCUT2D eigenvalue weighted by Crippen LogP contribution is -2.68. The summed E-state index contributed by atoms with van der Waals surface area (Å²) in [5, 5.41) is 52.7. The molecular formula is C24H23F5N4O6. The molecule has 0 aliphatic carbocycles. The Morgan fingerprint density at radius 2 is 1.77 bits per heavy atom. The number of nitrogens with zero attached hydrogens (tertiary/aromatic N) is 3. The number of aromatic hydroxyl groups is 1. The molecule has 210 valence electrons. The molecule has 6 atom stereocenters. The van der Waals surface area contributed by atoms with Gasteiger partial charge >= 0.3 is 0 Å². The van der Waals surface area contributed by atoms with Gasteiger partial charge in [-0.1, -0.05) is 5.21 Å². The Morgan fingerprint density at radius 1 is 1.05 bits per heavy atom. The Kier molecular flexibility index (Phi) is 7.30. The molecule has 2 aliphatic heterocycles. The number of nitrogens with one attached hydrogen (secondary N) is 1. The average Bonchev–Trinajstić information content (AvgIpc) is 3.55. The predicted octanol–water partition coefficient (Wildman–Crippen LogP) is 1.28. The molecule has 1 spiro atoms. The zero-order valence-corrected chi connectivity index (χ0v) is 19.9. The van der Waals surface area contributed by atoms with Gasteiger partial charge in [-0.2, -0.15) is 0 Å². The number of phenols is 1. The molecule has 39 heavy (non-hydrogen) atoms. The summed E-state index contributed by atoms with van der Waals surface area (Å²) in [6.45, 7) is -1.10. The fourth-order valence-electron chi connectivity index (χ4n) is 4.99. The Balaban J connectivity index is 1.45. The Labute approximate surface area is 217 Å². The highest BCUT2D eigenvalue weighted by atomic mass is 19.2. The first-order valence-electron chi connectivity index (χ1n) is 11.8. The number of phenolic OH excluding ortho intramolecular Hbond substituents is 1. The van der Waals surface area contributed by atoms with Crippen molar-refractivity contribution in [2.75, 3.05) is 13.2 Å². The molecule has 3 aromatic rings. The van der Waals surface area contributed by atoms with Gasteiger partial charge in [0.1, 0.15) is 35.8 Å². The third-order valence-corrected chi connectivity index (χ3v) is 6.99. The van der Waals surface area contributed by atoms with Crippen LogP contribution in [0.5, 0.6) is 5.75 Å². The highest BCUT2D eigenvalue weighted by Gasteiger charge is 2.61. The third-order valence-electron chi connectivity index (χ3n) is 6.99. The fourth-order valence-corrected chi connectivity index (χ4v) is 4.99. The van der Waals surface area contributed by atoms with Gasteiger partial charge in [0.25, 0.3) is 0 Å². The molecule has 10 nitrogen and oxygen atoms in total. The third kappa shape index (κ3) is 4.64. The first-order valence-corrected chi connectivity index (χ1v) is 11.8. The number of hydrogen-bond donors (Lipinski definition) is 5. The minimum absolute atomic E-state index is 0.0179. The van der Waals surface area contributed by atoms with Gasteiger partial charge in [-0.25, -0.2) is 26.6 Å². The molecule has 0 bridgehead atoms. The van der Waals surface area contributed by atoms with Crippen molar-refractivity contribution in [3.05, 3.63) is 65.1 Å². The van der Waals surface area contributed by atoms with Gasteiger partial charge < -0.3 is 35.2 Å². The normalized spacial score (nSPS) is 28.9. The Bertz CT molecular complexity index is 1360. The minimum atomic E-state index is -1.93. The number of ether oxygens (including phenoxy) is 2. The van der Waals surface area contributed by atoms with Crippen LogP contribution in [0.1, 0.15) is 18.0 Å². The summed E-state index contributed by atoms with van der Waals surface area (Å²) >= 11 is 0. The number of aliphatic hydroxyl groups is 3. The first-order chi connectivity index (χ1) is 18.6. The monoisotopic (exact) mass is 558 g/mol. The number of benzene rings is 2. The molecule has 2 saturated heterocycles. The van der Waals surface area contributed by atoms with Crippen molar-refractivity contribution in [3.63, 3.8) is 0 Å². The topological polar surface area (TPSA) is 142 Å². The summed E-state index contributed by atoms with van der Waals surface area (Å²) in [5.41, 5.74) is -0.666. The van der Waals surface area contributed by atoms with E-state index in [0.29, 0.717) is 12.1 Å². The number of aromatic nitrogens is 3. The molecule has 3 heterocycles. The van der Waals surface area contributed by atoms with Gasteiger partial charge in [0.15, 0.2) is 29.1 Å². The quantitative estimate of drug-likeness (QED) is 0.223. The summed E-state index contributed by atoms with van der Waals surface area (Å²) < 4.78 is 81.4. The van der Waals surface area contributed by atoms with E-state index in [9.17, 15) is 42.4 Å². The van der Waals surface area contributed by atoms with Crippen molar-refractivity contribution in [2.24, 2.45) is 0 Å². The van der Waals surface area contributed by atoms with Gasteiger partial charge in [-0.3, -0.25) is 0 Å². The van der Waals surface area contributed by atoms with Crippen LogP contribution in [0.2, 0.25) is 0 Å². The predicted molar refractivity (Wildman–Crippen MR) is 120 cm³/mol. The van der Waals surface area contributed by atoms with Crippen molar-refractivity contribution in [2.45, 2.75) is 49.1 Å². The fraction of sp³-hybridized carbons (Fsp3) is 0.417. The summed E-state index contributed by atoms with van der Waals surface area (Å²) in [6, 6.07) is 0.848. The van der Waals surface area contributed by atoms with E-state index in [-0.39, 0.29) is 29.8 Å². The molecule has 2 aliphatic rings. The Morgan fingerprint density at radius 3 is 2.46 bits per heavy atom. The lowest BCUT2D eigenvalue weighted by Gasteiger charge is -2.49. The van der Waals surface area contributed by atoms with Crippen molar-refractivity contribution in [1.82, 2.24) is 20.3 Å². The second-order valence-corrected chi connectivity index (χ2v) is 9.25. The zero-order chi connectivity index (χ0) is 28.1. The van der Waals surface area contributed by atoms with E-state index in [1.54, 1.807) is 0 Å². The van der Waals surface area contributed by atoms with Crippen LogP contribution >= 0.6 is 0 Å². The van der Waals surface area contributed by atoms with Gasteiger partial charge in [0.2, 0.25) is 5.79 Å². The van der Waals surface area contributed by atoms with E-state index in [4.69, 9.17) is 9.47 Å². The smallest absolute Gasteiger partial charge is 0.213 e. The van der Waals surface area contributed by atoms with E-state index in [1.165, 1.54) is 0 Å². The number of rotatable bonds is 6. The molecular weight excluding hydrogens is 535 g/mol. The maximum atomic E-state index is 14.3. The minimum Gasteiger partial charge on any atom is -0.508 e. The molecule has 5 N–H and O–H groups in total. The summed E-state index contributed by atoms with van der Waals surface area (Å²) in [7, 11) is 0. The van der Waals surface area contributed by atoms with Crippen LogP contribution in [0, 0.1) is 29.1 Å². The van der Waals surface area contributed by atoms with E-state index < -0.39 is 84.2 Å². The maximum absolute atomic E-state index is 14.3. The molecule has 2 aromatic carbocycles. The van der Waals surface area contributed by atoms with Gasteiger partial charge in [0, 0.05) is 17.7 Å². The highest BCUT2D eigenvalue weighted by molar-refractivity contribution is 5.58. The molecule has 1 aromatic heterocycles.